The molecule has 20 heavy (non-hydrogen) atoms. The van der Waals surface area contributed by atoms with E-state index < -0.39 is 0 Å². The molecule has 1 atom stereocenters. The third-order valence-corrected chi connectivity index (χ3v) is 4.25. The maximum atomic E-state index is 6.39. The fourth-order valence-corrected chi connectivity index (χ4v) is 3.15. The Morgan fingerprint density at radius 3 is 2.40 bits per heavy atom. The SMILES string of the molecule is CCCNC(c1ccccc1Cl)c1ccc(Br)cc1Cl. The molecule has 4 heteroatoms. The maximum Gasteiger partial charge on any atom is 0.0606 e. The van der Waals surface area contributed by atoms with Crippen LogP contribution in [0.1, 0.15) is 30.5 Å². The van der Waals surface area contributed by atoms with E-state index in [1.54, 1.807) is 0 Å². The summed E-state index contributed by atoms with van der Waals surface area (Å²) in [5, 5.41) is 5.00. The quantitative estimate of drug-likeness (QED) is 0.694. The lowest BCUT2D eigenvalue weighted by molar-refractivity contribution is 0.599. The van der Waals surface area contributed by atoms with E-state index in [-0.39, 0.29) is 6.04 Å². The topological polar surface area (TPSA) is 12.0 Å². The van der Waals surface area contributed by atoms with Crippen LogP contribution >= 0.6 is 39.1 Å². The van der Waals surface area contributed by atoms with Gasteiger partial charge < -0.3 is 5.32 Å². The molecule has 106 valence electrons. The summed E-state index contributed by atoms with van der Waals surface area (Å²) in [5.41, 5.74) is 2.09. The Hall–Kier alpha value is -0.540. The molecule has 0 heterocycles. The van der Waals surface area contributed by atoms with E-state index in [4.69, 9.17) is 23.2 Å². The van der Waals surface area contributed by atoms with Crippen LogP contribution in [-0.2, 0) is 0 Å². The first kappa shape index (κ1) is 15.8. The van der Waals surface area contributed by atoms with Crippen LogP contribution in [0.4, 0.5) is 0 Å². The molecular weight excluding hydrogens is 357 g/mol. The zero-order valence-corrected chi connectivity index (χ0v) is 14.3. The summed E-state index contributed by atoms with van der Waals surface area (Å²) in [6.07, 6.45) is 1.05. The molecule has 0 spiro atoms. The molecule has 1 nitrogen and oxygen atoms in total. The van der Waals surface area contributed by atoms with Crippen LogP contribution in [0.3, 0.4) is 0 Å². The van der Waals surface area contributed by atoms with Crippen molar-refractivity contribution in [2.45, 2.75) is 19.4 Å². The maximum absolute atomic E-state index is 6.39. The molecule has 2 rings (SSSR count). The van der Waals surface area contributed by atoms with Gasteiger partial charge in [0.15, 0.2) is 0 Å². The summed E-state index contributed by atoms with van der Waals surface area (Å²) in [4.78, 5) is 0. The lowest BCUT2D eigenvalue weighted by atomic mass is 9.98. The van der Waals surface area contributed by atoms with E-state index in [9.17, 15) is 0 Å². The standard InChI is InChI=1S/C16H16BrCl2N/c1-2-9-20-16(12-5-3-4-6-14(12)18)13-8-7-11(17)10-15(13)19/h3-8,10,16,20H,2,9H2,1H3. The Morgan fingerprint density at radius 2 is 1.75 bits per heavy atom. The predicted octanol–water partition coefficient (Wildman–Crippen LogP) is 5.84. The largest absolute Gasteiger partial charge is 0.306 e. The van der Waals surface area contributed by atoms with Gasteiger partial charge in [0.2, 0.25) is 0 Å². The van der Waals surface area contributed by atoms with Gasteiger partial charge in [0.1, 0.15) is 0 Å². The summed E-state index contributed by atoms with van der Waals surface area (Å²) >= 11 is 16.2. The van der Waals surface area contributed by atoms with Crippen LogP contribution in [0.25, 0.3) is 0 Å². The second kappa shape index (κ2) is 7.46. The molecule has 2 aromatic rings. The first-order valence-electron chi connectivity index (χ1n) is 6.56. The first-order valence-corrected chi connectivity index (χ1v) is 8.11. The van der Waals surface area contributed by atoms with Gasteiger partial charge in [0, 0.05) is 14.5 Å². The van der Waals surface area contributed by atoms with Gasteiger partial charge in [-0.05, 0) is 42.3 Å². The molecular formula is C16H16BrCl2N. The summed E-state index contributed by atoms with van der Waals surface area (Å²) in [5.74, 6) is 0. The molecule has 0 amide bonds. The fraction of sp³-hybridized carbons (Fsp3) is 0.250. The number of hydrogen-bond acceptors (Lipinski definition) is 1. The van der Waals surface area contributed by atoms with Crippen molar-refractivity contribution in [3.8, 4) is 0 Å². The van der Waals surface area contributed by atoms with Crippen molar-refractivity contribution in [1.82, 2.24) is 5.32 Å². The van der Waals surface area contributed by atoms with Crippen molar-refractivity contribution in [1.29, 1.82) is 0 Å². The monoisotopic (exact) mass is 371 g/mol. The van der Waals surface area contributed by atoms with Crippen molar-refractivity contribution >= 4 is 39.1 Å². The summed E-state index contributed by atoms with van der Waals surface area (Å²) < 4.78 is 0.972. The molecule has 1 N–H and O–H groups in total. The molecule has 0 aliphatic rings. The first-order chi connectivity index (χ1) is 9.63. The van der Waals surface area contributed by atoms with E-state index >= 15 is 0 Å². The molecule has 0 aromatic heterocycles. The van der Waals surface area contributed by atoms with Gasteiger partial charge in [-0.2, -0.15) is 0 Å². The predicted molar refractivity (Wildman–Crippen MR) is 90.7 cm³/mol. The van der Waals surface area contributed by atoms with Gasteiger partial charge in [-0.25, -0.2) is 0 Å². The molecule has 0 fully saturated rings. The summed E-state index contributed by atoms with van der Waals surface area (Å²) in [6, 6.07) is 13.8. The minimum Gasteiger partial charge on any atom is -0.306 e. The second-order valence-corrected chi connectivity index (χ2v) is 6.30. The van der Waals surface area contributed by atoms with E-state index in [2.05, 4.69) is 28.2 Å². The molecule has 0 radical (unpaired) electrons. The highest BCUT2D eigenvalue weighted by Crippen LogP contribution is 2.33. The van der Waals surface area contributed by atoms with Gasteiger partial charge in [-0.15, -0.1) is 0 Å². The zero-order valence-electron chi connectivity index (χ0n) is 11.2. The number of halogens is 3. The van der Waals surface area contributed by atoms with E-state index in [1.807, 2.05) is 42.5 Å². The highest BCUT2D eigenvalue weighted by molar-refractivity contribution is 9.10. The van der Waals surface area contributed by atoms with Crippen LogP contribution in [0.2, 0.25) is 10.0 Å². The molecule has 0 aliphatic carbocycles. The van der Waals surface area contributed by atoms with E-state index in [0.29, 0.717) is 0 Å². The van der Waals surface area contributed by atoms with Gasteiger partial charge in [-0.3, -0.25) is 0 Å². The highest BCUT2D eigenvalue weighted by Gasteiger charge is 2.18. The van der Waals surface area contributed by atoms with Gasteiger partial charge in [-0.1, -0.05) is 70.3 Å². The molecule has 1 unspecified atom stereocenters. The Morgan fingerprint density at radius 1 is 1.05 bits per heavy atom. The second-order valence-electron chi connectivity index (χ2n) is 4.57. The van der Waals surface area contributed by atoms with Gasteiger partial charge in [0.05, 0.1) is 6.04 Å². The number of nitrogens with one attached hydrogen (secondary N) is 1. The smallest absolute Gasteiger partial charge is 0.0606 e. The lowest BCUT2D eigenvalue weighted by Gasteiger charge is -2.22. The van der Waals surface area contributed by atoms with Crippen molar-refractivity contribution in [2.75, 3.05) is 6.54 Å². The van der Waals surface area contributed by atoms with E-state index in [0.717, 1.165) is 38.6 Å². The lowest BCUT2D eigenvalue weighted by Crippen LogP contribution is -2.23. The van der Waals surface area contributed by atoms with Crippen LogP contribution in [0.5, 0.6) is 0 Å². The third kappa shape index (κ3) is 3.76. The zero-order chi connectivity index (χ0) is 14.5. The average molecular weight is 373 g/mol. The van der Waals surface area contributed by atoms with Crippen LogP contribution < -0.4 is 5.32 Å². The Balaban J connectivity index is 2.44. The van der Waals surface area contributed by atoms with Crippen molar-refractivity contribution < 1.29 is 0 Å². The van der Waals surface area contributed by atoms with Gasteiger partial charge in [0.25, 0.3) is 0 Å². The number of benzene rings is 2. The normalized spacial score (nSPS) is 12.4. The minimum absolute atomic E-state index is 0.00394. The molecule has 0 aliphatic heterocycles. The Kier molecular flexibility index (Phi) is 5.91. The highest BCUT2D eigenvalue weighted by atomic mass is 79.9. The fourth-order valence-electron chi connectivity index (χ4n) is 2.12. The molecule has 0 saturated heterocycles. The number of hydrogen-bond donors (Lipinski definition) is 1. The summed E-state index contributed by atoms with van der Waals surface area (Å²) in [7, 11) is 0. The Labute approximate surface area is 138 Å². The van der Waals surface area contributed by atoms with Gasteiger partial charge >= 0.3 is 0 Å². The van der Waals surface area contributed by atoms with Crippen molar-refractivity contribution in [2.24, 2.45) is 0 Å². The van der Waals surface area contributed by atoms with Crippen molar-refractivity contribution in [3.05, 3.63) is 68.1 Å². The molecule has 0 saturated carbocycles. The van der Waals surface area contributed by atoms with Crippen molar-refractivity contribution in [3.63, 3.8) is 0 Å². The van der Waals surface area contributed by atoms with E-state index in [1.165, 1.54) is 0 Å². The number of rotatable bonds is 5. The van der Waals surface area contributed by atoms with Crippen LogP contribution in [0.15, 0.2) is 46.9 Å². The Bertz CT molecular complexity index is 586. The molecule has 2 aromatic carbocycles. The average Bonchev–Trinajstić information content (AvgIpc) is 2.42. The third-order valence-electron chi connectivity index (χ3n) is 3.09. The van der Waals surface area contributed by atoms with Crippen LogP contribution in [-0.4, -0.2) is 6.54 Å². The summed E-state index contributed by atoms with van der Waals surface area (Å²) in [6.45, 7) is 3.04. The van der Waals surface area contributed by atoms with Crippen LogP contribution in [0, 0.1) is 0 Å². The minimum atomic E-state index is 0.00394. The molecule has 0 bridgehead atoms.